The predicted molar refractivity (Wildman–Crippen MR) is 92.4 cm³/mol. The summed E-state index contributed by atoms with van der Waals surface area (Å²) < 4.78 is 0. The maximum Gasteiger partial charge on any atom is 0.326 e. The molecule has 0 unspecified atom stereocenters. The van der Waals surface area contributed by atoms with E-state index >= 15 is 0 Å². The zero-order chi connectivity index (χ0) is 21.3. The van der Waals surface area contributed by atoms with Crippen molar-refractivity contribution in [2.45, 2.75) is 43.8 Å². The van der Waals surface area contributed by atoms with Gasteiger partial charge in [-0.05, 0) is 6.42 Å². The van der Waals surface area contributed by atoms with Crippen LogP contribution in [0.4, 0.5) is 0 Å². The van der Waals surface area contributed by atoms with Crippen molar-refractivity contribution in [3.8, 4) is 0 Å². The third-order valence-electron chi connectivity index (χ3n) is 3.64. The topological polar surface area (TPSA) is 231 Å². The van der Waals surface area contributed by atoms with Gasteiger partial charge in [-0.1, -0.05) is 0 Å². The number of H-pyrrole nitrogens is 1. The van der Waals surface area contributed by atoms with Gasteiger partial charge in [0.25, 0.3) is 0 Å². The predicted octanol–water partition coefficient (Wildman–Crippen LogP) is -2.93. The molecule has 3 atom stereocenters. The average Bonchev–Trinajstić information content (AvgIpc) is 3.10. The molecule has 9 N–H and O–H groups in total. The molecule has 0 saturated heterocycles. The number of nitrogens with two attached hydrogens (primary N) is 2. The number of imidazole rings is 1. The summed E-state index contributed by atoms with van der Waals surface area (Å²) in [6.07, 6.45) is 1.51. The van der Waals surface area contributed by atoms with E-state index in [9.17, 15) is 29.1 Å². The van der Waals surface area contributed by atoms with Crippen molar-refractivity contribution in [1.29, 1.82) is 0 Å². The van der Waals surface area contributed by atoms with Crippen LogP contribution in [0.25, 0.3) is 0 Å². The molecule has 0 aliphatic heterocycles. The molecule has 13 heteroatoms. The SMILES string of the molecule is NC(=O)CC[C@H](N)C(=O)N[C@@H](CC(=O)O)C(=O)N[C@@H](Cc1cnc[nH]1)C(=O)O. The van der Waals surface area contributed by atoms with Crippen LogP contribution in [-0.4, -0.2) is 68.0 Å². The Bertz CT molecular complexity index is 720. The van der Waals surface area contributed by atoms with Crippen LogP contribution in [0.15, 0.2) is 12.5 Å². The monoisotopic (exact) mass is 398 g/mol. The maximum atomic E-state index is 12.4. The van der Waals surface area contributed by atoms with Gasteiger partial charge in [0.15, 0.2) is 0 Å². The van der Waals surface area contributed by atoms with Gasteiger partial charge in [0.05, 0.1) is 18.8 Å². The molecule has 0 aromatic carbocycles. The lowest BCUT2D eigenvalue weighted by Gasteiger charge is -2.21. The summed E-state index contributed by atoms with van der Waals surface area (Å²) in [4.78, 5) is 63.9. The van der Waals surface area contributed by atoms with Crippen LogP contribution in [0.1, 0.15) is 25.0 Å². The van der Waals surface area contributed by atoms with E-state index in [4.69, 9.17) is 16.6 Å². The van der Waals surface area contributed by atoms with Gasteiger partial charge in [0.1, 0.15) is 12.1 Å². The van der Waals surface area contributed by atoms with E-state index in [1.165, 1.54) is 12.5 Å². The van der Waals surface area contributed by atoms with E-state index in [0.717, 1.165) is 0 Å². The lowest BCUT2D eigenvalue weighted by atomic mass is 10.1. The van der Waals surface area contributed by atoms with Gasteiger partial charge >= 0.3 is 11.9 Å². The quantitative estimate of drug-likeness (QED) is 0.191. The summed E-state index contributed by atoms with van der Waals surface area (Å²) >= 11 is 0. The minimum Gasteiger partial charge on any atom is -0.481 e. The van der Waals surface area contributed by atoms with E-state index in [1.807, 2.05) is 0 Å². The number of carbonyl (C=O) groups is 5. The van der Waals surface area contributed by atoms with Gasteiger partial charge < -0.3 is 37.3 Å². The zero-order valence-electron chi connectivity index (χ0n) is 14.8. The van der Waals surface area contributed by atoms with Crippen LogP contribution in [0, 0.1) is 0 Å². The van der Waals surface area contributed by atoms with Gasteiger partial charge in [-0.25, -0.2) is 9.78 Å². The number of carboxylic acids is 2. The Morgan fingerprint density at radius 2 is 1.75 bits per heavy atom. The van der Waals surface area contributed by atoms with Gasteiger partial charge in [0, 0.05) is 24.7 Å². The van der Waals surface area contributed by atoms with Crippen molar-refractivity contribution in [2.24, 2.45) is 11.5 Å². The molecule has 0 aliphatic rings. The molecule has 28 heavy (non-hydrogen) atoms. The molecular formula is C15H22N6O7. The van der Waals surface area contributed by atoms with Crippen LogP contribution in [0.5, 0.6) is 0 Å². The second kappa shape index (κ2) is 10.6. The van der Waals surface area contributed by atoms with Crippen molar-refractivity contribution < 1.29 is 34.2 Å². The molecule has 1 rings (SSSR count). The molecule has 1 heterocycles. The number of aromatic amines is 1. The molecule has 0 saturated carbocycles. The number of aliphatic carboxylic acids is 2. The van der Waals surface area contributed by atoms with E-state index in [0.29, 0.717) is 5.69 Å². The number of aromatic nitrogens is 2. The number of rotatable bonds is 12. The first kappa shape index (κ1) is 22.6. The fraction of sp³-hybridized carbons (Fsp3) is 0.467. The van der Waals surface area contributed by atoms with E-state index in [1.54, 1.807) is 0 Å². The van der Waals surface area contributed by atoms with Crippen molar-refractivity contribution in [3.05, 3.63) is 18.2 Å². The van der Waals surface area contributed by atoms with Crippen molar-refractivity contribution in [1.82, 2.24) is 20.6 Å². The van der Waals surface area contributed by atoms with Gasteiger partial charge in [0.2, 0.25) is 17.7 Å². The number of nitrogens with one attached hydrogen (secondary N) is 3. The van der Waals surface area contributed by atoms with Gasteiger partial charge in [-0.15, -0.1) is 0 Å². The first-order chi connectivity index (χ1) is 13.1. The third-order valence-corrected chi connectivity index (χ3v) is 3.64. The minimum absolute atomic E-state index is 0.0971. The summed E-state index contributed by atoms with van der Waals surface area (Å²) in [5.74, 6) is -5.31. The number of amides is 3. The molecule has 13 nitrogen and oxygen atoms in total. The average molecular weight is 398 g/mol. The summed E-state index contributed by atoms with van der Waals surface area (Å²) in [6, 6.07) is -4.14. The molecule has 0 aliphatic carbocycles. The molecule has 0 spiro atoms. The Morgan fingerprint density at radius 3 is 2.25 bits per heavy atom. The van der Waals surface area contributed by atoms with E-state index < -0.39 is 54.2 Å². The van der Waals surface area contributed by atoms with Crippen molar-refractivity contribution >= 4 is 29.7 Å². The number of carboxylic acid groups (broad SMARTS) is 2. The number of carbonyl (C=O) groups excluding carboxylic acids is 3. The Hall–Kier alpha value is -3.48. The van der Waals surface area contributed by atoms with Crippen LogP contribution in [-0.2, 0) is 30.4 Å². The number of primary amides is 1. The fourth-order valence-corrected chi connectivity index (χ4v) is 2.18. The molecule has 154 valence electrons. The Labute approximate surface area is 158 Å². The smallest absolute Gasteiger partial charge is 0.326 e. The lowest BCUT2D eigenvalue weighted by molar-refractivity contribution is -0.143. The molecule has 0 radical (unpaired) electrons. The highest BCUT2D eigenvalue weighted by Gasteiger charge is 2.30. The van der Waals surface area contributed by atoms with Crippen molar-refractivity contribution in [2.75, 3.05) is 0 Å². The zero-order valence-corrected chi connectivity index (χ0v) is 14.8. The number of hydrogen-bond donors (Lipinski definition) is 7. The Kier molecular flexibility index (Phi) is 8.55. The standard InChI is InChI=1S/C15H22N6O7/c16-8(1-2-11(17)22)13(25)20-9(4-12(23)24)14(26)21-10(15(27)28)3-7-5-18-6-19-7/h5-6,8-10H,1-4,16H2,(H2,17,22)(H,18,19)(H,20,25)(H,21,26)(H,23,24)(H,27,28)/t8-,9-,10-/m0/s1. The highest BCUT2D eigenvalue weighted by atomic mass is 16.4. The van der Waals surface area contributed by atoms with Gasteiger partial charge in [-0.3, -0.25) is 19.2 Å². The van der Waals surface area contributed by atoms with Crippen molar-refractivity contribution in [3.63, 3.8) is 0 Å². The maximum absolute atomic E-state index is 12.4. The highest BCUT2D eigenvalue weighted by molar-refractivity contribution is 5.94. The summed E-state index contributed by atoms with van der Waals surface area (Å²) in [7, 11) is 0. The molecular weight excluding hydrogens is 376 g/mol. The second-order valence-corrected chi connectivity index (χ2v) is 5.95. The molecule has 0 bridgehead atoms. The van der Waals surface area contributed by atoms with Crippen LogP contribution in [0.2, 0.25) is 0 Å². The fourth-order valence-electron chi connectivity index (χ4n) is 2.18. The summed E-state index contributed by atoms with van der Waals surface area (Å²) in [5.41, 5.74) is 11.0. The Morgan fingerprint density at radius 1 is 1.11 bits per heavy atom. The number of nitrogens with zero attached hydrogens (tertiary/aromatic N) is 1. The summed E-state index contributed by atoms with van der Waals surface area (Å²) in [5, 5.41) is 22.5. The van der Waals surface area contributed by atoms with Gasteiger partial charge in [-0.2, -0.15) is 0 Å². The first-order valence-electron chi connectivity index (χ1n) is 8.16. The Balaban J connectivity index is 2.79. The molecule has 0 fully saturated rings. The minimum atomic E-state index is -1.56. The highest BCUT2D eigenvalue weighted by Crippen LogP contribution is 2.02. The normalized spacial score (nSPS) is 13.8. The lowest BCUT2D eigenvalue weighted by Crippen LogP contribution is -2.55. The molecule has 1 aromatic rings. The molecule has 1 aromatic heterocycles. The van der Waals surface area contributed by atoms with E-state index in [2.05, 4.69) is 20.6 Å². The number of hydrogen-bond acceptors (Lipinski definition) is 7. The van der Waals surface area contributed by atoms with Crippen LogP contribution >= 0.6 is 0 Å². The van der Waals surface area contributed by atoms with Crippen LogP contribution < -0.4 is 22.1 Å². The van der Waals surface area contributed by atoms with E-state index in [-0.39, 0.29) is 19.3 Å². The first-order valence-corrected chi connectivity index (χ1v) is 8.16. The summed E-state index contributed by atoms with van der Waals surface area (Å²) in [6.45, 7) is 0. The largest absolute Gasteiger partial charge is 0.481 e. The van der Waals surface area contributed by atoms with Crippen LogP contribution in [0.3, 0.4) is 0 Å². The third kappa shape index (κ3) is 7.82. The molecule has 3 amide bonds. The second-order valence-electron chi connectivity index (χ2n) is 5.95.